The average molecular weight is 257 g/mol. The molecule has 94 valence electrons. The third kappa shape index (κ3) is 5.49. The molecule has 0 aromatic carbocycles. The van der Waals surface area contributed by atoms with Crippen molar-refractivity contribution in [2.24, 2.45) is 0 Å². The van der Waals surface area contributed by atoms with E-state index in [4.69, 9.17) is 16.3 Å². The lowest BCUT2D eigenvalue weighted by Gasteiger charge is -2.06. The predicted molar refractivity (Wildman–Crippen MR) is 68.5 cm³/mol. The van der Waals surface area contributed by atoms with Crippen molar-refractivity contribution in [3.63, 3.8) is 0 Å². The predicted octanol–water partition coefficient (Wildman–Crippen LogP) is 2.69. The molecule has 0 aliphatic heterocycles. The van der Waals surface area contributed by atoms with Crippen LogP contribution in [0.2, 0.25) is 5.28 Å². The Balaban J connectivity index is 2.52. The first-order valence-corrected chi connectivity index (χ1v) is 6.03. The van der Waals surface area contributed by atoms with E-state index < -0.39 is 0 Å². The lowest BCUT2D eigenvalue weighted by Crippen LogP contribution is -2.08. The molecule has 0 fully saturated rings. The number of ether oxygens (including phenoxy) is 1. The first-order chi connectivity index (χ1) is 8.26. The first kappa shape index (κ1) is 13.7. The number of rotatable bonds is 8. The van der Waals surface area contributed by atoms with E-state index in [1.807, 2.05) is 6.08 Å². The van der Waals surface area contributed by atoms with Crippen LogP contribution in [0, 0.1) is 0 Å². The van der Waals surface area contributed by atoms with Gasteiger partial charge in [0.05, 0.1) is 6.61 Å². The Hall–Kier alpha value is -1.36. The summed E-state index contributed by atoms with van der Waals surface area (Å²) in [5.41, 5.74) is 0. The molecule has 0 spiro atoms. The van der Waals surface area contributed by atoms with Crippen LogP contribution in [0.15, 0.2) is 12.7 Å². The minimum atomic E-state index is 0.136. The van der Waals surface area contributed by atoms with Crippen LogP contribution in [0.25, 0.3) is 0 Å². The molecule has 1 aromatic heterocycles. The number of hydrogen-bond acceptors (Lipinski definition) is 5. The van der Waals surface area contributed by atoms with Gasteiger partial charge in [0, 0.05) is 6.54 Å². The van der Waals surface area contributed by atoms with Gasteiger partial charge in [0.25, 0.3) is 0 Å². The van der Waals surface area contributed by atoms with Gasteiger partial charge in [0.2, 0.25) is 11.2 Å². The number of anilines is 1. The smallest absolute Gasteiger partial charge is 0.322 e. The summed E-state index contributed by atoms with van der Waals surface area (Å²) >= 11 is 5.77. The van der Waals surface area contributed by atoms with Crippen molar-refractivity contribution in [2.45, 2.75) is 26.2 Å². The Morgan fingerprint density at radius 3 is 2.94 bits per heavy atom. The highest BCUT2D eigenvalue weighted by Crippen LogP contribution is 2.11. The fourth-order valence-corrected chi connectivity index (χ4v) is 1.26. The van der Waals surface area contributed by atoms with Crippen molar-refractivity contribution in [3.05, 3.63) is 17.9 Å². The molecular weight excluding hydrogens is 240 g/mol. The molecule has 0 aliphatic carbocycles. The van der Waals surface area contributed by atoms with E-state index in [0.717, 1.165) is 25.8 Å². The molecule has 0 radical (unpaired) electrons. The standard InChI is InChI=1S/C11H17ClN4O/c1-3-5-6-8-17-11-15-9(12)14-10(16-11)13-7-4-2/h3H,1,4-8H2,2H3,(H,13,14,15,16). The van der Waals surface area contributed by atoms with E-state index in [0.29, 0.717) is 12.6 Å². The van der Waals surface area contributed by atoms with Gasteiger partial charge in [-0.15, -0.1) is 6.58 Å². The molecule has 0 bridgehead atoms. The number of allylic oxidation sites excluding steroid dienone is 1. The molecule has 17 heavy (non-hydrogen) atoms. The minimum Gasteiger partial charge on any atom is -0.463 e. The quantitative estimate of drug-likeness (QED) is 0.572. The lowest BCUT2D eigenvalue weighted by atomic mass is 10.3. The summed E-state index contributed by atoms with van der Waals surface area (Å²) in [5, 5.41) is 3.17. The second-order valence-corrected chi connectivity index (χ2v) is 3.75. The second-order valence-electron chi connectivity index (χ2n) is 3.42. The zero-order chi connectivity index (χ0) is 12.5. The van der Waals surface area contributed by atoms with Crippen LogP contribution < -0.4 is 10.1 Å². The minimum absolute atomic E-state index is 0.136. The van der Waals surface area contributed by atoms with Gasteiger partial charge < -0.3 is 10.1 Å². The fourth-order valence-electron chi connectivity index (χ4n) is 1.10. The number of aromatic nitrogens is 3. The summed E-state index contributed by atoms with van der Waals surface area (Å²) in [6.07, 6.45) is 4.61. The van der Waals surface area contributed by atoms with Gasteiger partial charge in [-0.1, -0.05) is 13.0 Å². The van der Waals surface area contributed by atoms with Crippen molar-refractivity contribution in [1.29, 1.82) is 0 Å². The second kappa shape index (κ2) is 7.84. The van der Waals surface area contributed by atoms with Crippen LogP contribution in [0.4, 0.5) is 5.95 Å². The molecule has 1 aromatic rings. The molecule has 5 nitrogen and oxygen atoms in total. The van der Waals surface area contributed by atoms with Gasteiger partial charge in [-0.25, -0.2) is 0 Å². The number of hydrogen-bond donors (Lipinski definition) is 1. The van der Waals surface area contributed by atoms with Crippen molar-refractivity contribution in [1.82, 2.24) is 15.0 Å². The van der Waals surface area contributed by atoms with E-state index in [1.54, 1.807) is 0 Å². The molecule has 1 heterocycles. The van der Waals surface area contributed by atoms with Gasteiger partial charge in [-0.3, -0.25) is 0 Å². The maximum atomic E-state index is 5.77. The zero-order valence-corrected chi connectivity index (χ0v) is 10.7. The Morgan fingerprint density at radius 2 is 2.24 bits per heavy atom. The maximum Gasteiger partial charge on any atom is 0.322 e. The third-order valence-electron chi connectivity index (χ3n) is 1.90. The van der Waals surface area contributed by atoms with Gasteiger partial charge >= 0.3 is 6.01 Å². The highest BCUT2D eigenvalue weighted by atomic mass is 35.5. The van der Waals surface area contributed by atoms with E-state index in [9.17, 15) is 0 Å². The Labute approximate surface area is 106 Å². The van der Waals surface area contributed by atoms with Crippen LogP contribution in [0.3, 0.4) is 0 Å². The van der Waals surface area contributed by atoms with Crippen LogP contribution >= 0.6 is 11.6 Å². The SMILES string of the molecule is C=CCCCOc1nc(Cl)nc(NCCC)n1. The van der Waals surface area contributed by atoms with Gasteiger partial charge in [0.15, 0.2) is 0 Å². The molecule has 0 atom stereocenters. The molecule has 1 N–H and O–H groups in total. The molecule has 0 amide bonds. The van der Waals surface area contributed by atoms with Crippen LogP contribution in [-0.2, 0) is 0 Å². The number of halogens is 1. The Morgan fingerprint density at radius 1 is 1.41 bits per heavy atom. The lowest BCUT2D eigenvalue weighted by molar-refractivity contribution is 0.287. The molecule has 0 saturated heterocycles. The van der Waals surface area contributed by atoms with Crippen molar-refractivity contribution in [3.8, 4) is 6.01 Å². The third-order valence-corrected chi connectivity index (χ3v) is 2.07. The van der Waals surface area contributed by atoms with Crippen LogP contribution in [0.1, 0.15) is 26.2 Å². The van der Waals surface area contributed by atoms with E-state index in [2.05, 4.69) is 33.8 Å². The first-order valence-electron chi connectivity index (χ1n) is 5.65. The highest BCUT2D eigenvalue weighted by molar-refractivity contribution is 6.28. The molecular formula is C11H17ClN4O. The van der Waals surface area contributed by atoms with Crippen molar-refractivity contribution >= 4 is 17.5 Å². The molecule has 0 saturated carbocycles. The maximum absolute atomic E-state index is 5.77. The number of nitrogens with one attached hydrogen (secondary N) is 1. The van der Waals surface area contributed by atoms with Crippen molar-refractivity contribution < 1.29 is 4.74 Å². The summed E-state index contributed by atoms with van der Waals surface area (Å²) in [6.45, 7) is 7.03. The largest absolute Gasteiger partial charge is 0.463 e. The zero-order valence-electron chi connectivity index (χ0n) is 9.95. The molecule has 1 rings (SSSR count). The summed E-state index contributed by atoms with van der Waals surface area (Å²) in [5.74, 6) is 0.450. The van der Waals surface area contributed by atoms with Gasteiger partial charge in [-0.05, 0) is 30.9 Å². The molecule has 6 heteroatoms. The number of nitrogens with zero attached hydrogens (tertiary/aromatic N) is 3. The molecule has 0 aliphatic rings. The van der Waals surface area contributed by atoms with E-state index in [1.165, 1.54) is 0 Å². The number of unbranched alkanes of at least 4 members (excludes halogenated alkanes) is 1. The van der Waals surface area contributed by atoms with Crippen LogP contribution in [-0.4, -0.2) is 28.1 Å². The summed E-state index contributed by atoms with van der Waals surface area (Å²) < 4.78 is 5.38. The van der Waals surface area contributed by atoms with E-state index >= 15 is 0 Å². The van der Waals surface area contributed by atoms with Gasteiger partial charge in [-0.2, -0.15) is 15.0 Å². The monoisotopic (exact) mass is 256 g/mol. The fraction of sp³-hybridized carbons (Fsp3) is 0.545. The molecule has 0 unspecified atom stereocenters. The topological polar surface area (TPSA) is 59.9 Å². The van der Waals surface area contributed by atoms with E-state index in [-0.39, 0.29) is 11.3 Å². The Kier molecular flexibility index (Phi) is 6.32. The van der Waals surface area contributed by atoms with Gasteiger partial charge in [0.1, 0.15) is 0 Å². The van der Waals surface area contributed by atoms with Crippen molar-refractivity contribution in [2.75, 3.05) is 18.5 Å². The van der Waals surface area contributed by atoms with Crippen LogP contribution in [0.5, 0.6) is 6.01 Å². The highest BCUT2D eigenvalue weighted by Gasteiger charge is 2.05. The summed E-state index contributed by atoms with van der Waals surface area (Å²) in [4.78, 5) is 11.9. The normalized spacial score (nSPS) is 10.0. The summed E-state index contributed by atoms with van der Waals surface area (Å²) in [7, 11) is 0. The average Bonchev–Trinajstić information content (AvgIpc) is 2.31. The summed E-state index contributed by atoms with van der Waals surface area (Å²) in [6, 6.07) is 0.257. The Bertz CT molecular complexity index is 359.